The van der Waals surface area contributed by atoms with Gasteiger partial charge in [0.25, 0.3) is 5.69 Å². The Bertz CT molecular complexity index is 1420. The minimum atomic E-state index is -4.07. The van der Waals surface area contributed by atoms with E-state index in [1.54, 1.807) is 42.5 Å². The maximum Gasteiger partial charge on any atom is 0.274 e. The van der Waals surface area contributed by atoms with Crippen LogP contribution >= 0.6 is 0 Å². The lowest BCUT2D eigenvalue weighted by molar-refractivity contribution is -0.385. The van der Waals surface area contributed by atoms with Gasteiger partial charge in [0.2, 0.25) is 10.0 Å². The molecule has 4 rings (SSSR count). The number of fused-ring (bicyclic) bond motifs is 1. The molecule has 0 spiro atoms. The first kappa shape index (κ1) is 21.5. The zero-order valence-electron chi connectivity index (χ0n) is 17.1. The second kappa shape index (κ2) is 8.41. The first-order valence-electron chi connectivity index (χ1n) is 9.81. The van der Waals surface area contributed by atoms with Crippen molar-refractivity contribution in [2.45, 2.75) is 17.9 Å². The molecule has 0 heterocycles. The minimum Gasteiger partial charge on any atom is -0.507 e. The van der Waals surface area contributed by atoms with Crippen LogP contribution in [0, 0.1) is 17.0 Å². The number of aromatic hydroxyl groups is 1. The van der Waals surface area contributed by atoms with Crippen molar-refractivity contribution in [1.82, 2.24) is 4.72 Å². The normalized spacial score (nSPS) is 12.5. The predicted molar refractivity (Wildman–Crippen MR) is 122 cm³/mol. The van der Waals surface area contributed by atoms with Gasteiger partial charge in [-0.05, 0) is 24.4 Å². The van der Waals surface area contributed by atoms with Crippen LogP contribution in [0.2, 0.25) is 0 Å². The third-order valence-electron chi connectivity index (χ3n) is 5.29. The number of para-hydroxylation sites is 1. The molecule has 4 aromatic rings. The van der Waals surface area contributed by atoms with Gasteiger partial charge in [0.15, 0.2) is 0 Å². The molecule has 1 atom stereocenters. The number of nitrogens with one attached hydrogen (secondary N) is 1. The molecule has 0 saturated carbocycles. The molecule has 0 saturated heterocycles. The fourth-order valence-electron chi connectivity index (χ4n) is 3.64. The maximum atomic E-state index is 13.2. The van der Waals surface area contributed by atoms with E-state index in [0.29, 0.717) is 5.39 Å². The molecule has 0 amide bonds. The monoisotopic (exact) mass is 448 g/mol. The van der Waals surface area contributed by atoms with Crippen molar-refractivity contribution < 1.29 is 18.4 Å². The molecule has 0 aliphatic rings. The van der Waals surface area contributed by atoms with Gasteiger partial charge in [-0.15, -0.1) is 0 Å². The lowest BCUT2D eigenvalue weighted by Crippen LogP contribution is -2.30. The average molecular weight is 449 g/mol. The fraction of sp³-hybridized carbons (Fsp3) is 0.0833. The Morgan fingerprint density at radius 2 is 1.53 bits per heavy atom. The summed E-state index contributed by atoms with van der Waals surface area (Å²) in [6.45, 7) is 1.84. The van der Waals surface area contributed by atoms with Crippen LogP contribution in [0.4, 0.5) is 5.69 Å². The standard InChI is InChI=1S/C24H20N2O5S/c1-16-10-13-18(14-11-16)32(30,31)25-23(20-8-4-5-9-22(20)26(28)29)21-15-12-17-6-2-3-7-19(17)24(21)27/h2-15,23,25,27H,1H3/t23-/m1/s1. The van der Waals surface area contributed by atoms with E-state index in [4.69, 9.17) is 0 Å². The first-order valence-corrected chi connectivity index (χ1v) is 11.3. The molecule has 32 heavy (non-hydrogen) atoms. The lowest BCUT2D eigenvalue weighted by atomic mass is 9.94. The molecule has 7 nitrogen and oxygen atoms in total. The third kappa shape index (κ3) is 4.05. The summed E-state index contributed by atoms with van der Waals surface area (Å²) in [5, 5.41) is 24.0. The van der Waals surface area contributed by atoms with Crippen LogP contribution in [-0.4, -0.2) is 18.4 Å². The summed E-state index contributed by atoms with van der Waals surface area (Å²) in [6, 6.07) is 21.4. The Kier molecular flexibility index (Phi) is 5.65. The lowest BCUT2D eigenvalue weighted by Gasteiger charge is -2.21. The number of aryl methyl sites for hydroxylation is 1. The van der Waals surface area contributed by atoms with Crippen LogP contribution in [-0.2, 0) is 10.0 Å². The summed E-state index contributed by atoms with van der Waals surface area (Å²) in [6.07, 6.45) is 0. The molecule has 0 unspecified atom stereocenters. The maximum absolute atomic E-state index is 13.2. The molecule has 0 aliphatic heterocycles. The number of nitro benzene ring substituents is 1. The highest BCUT2D eigenvalue weighted by Gasteiger charge is 2.30. The van der Waals surface area contributed by atoms with Crippen molar-refractivity contribution in [3.05, 3.63) is 112 Å². The zero-order valence-corrected chi connectivity index (χ0v) is 17.9. The van der Waals surface area contributed by atoms with Gasteiger partial charge >= 0.3 is 0 Å². The van der Waals surface area contributed by atoms with Gasteiger partial charge in [0.05, 0.1) is 21.4 Å². The van der Waals surface area contributed by atoms with Crippen LogP contribution in [0.1, 0.15) is 22.7 Å². The van der Waals surface area contributed by atoms with E-state index < -0.39 is 21.0 Å². The van der Waals surface area contributed by atoms with Crippen molar-refractivity contribution in [3.63, 3.8) is 0 Å². The van der Waals surface area contributed by atoms with Crippen LogP contribution in [0.15, 0.2) is 89.8 Å². The first-order chi connectivity index (χ1) is 15.3. The highest BCUT2D eigenvalue weighted by atomic mass is 32.2. The molecule has 162 valence electrons. The number of rotatable bonds is 6. The van der Waals surface area contributed by atoms with Crippen molar-refractivity contribution in [2.75, 3.05) is 0 Å². The van der Waals surface area contributed by atoms with E-state index in [9.17, 15) is 23.6 Å². The summed E-state index contributed by atoms with van der Waals surface area (Å²) in [5.41, 5.74) is 0.982. The Morgan fingerprint density at radius 3 is 2.25 bits per heavy atom. The number of phenols is 1. The predicted octanol–water partition coefficient (Wildman–Crippen LogP) is 4.83. The minimum absolute atomic E-state index is 0.0203. The van der Waals surface area contributed by atoms with Gasteiger partial charge in [-0.25, -0.2) is 8.42 Å². The molecular formula is C24H20N2O5S. The van der Waals surface area contributed by atoms with Gasteiger partial charge in [-0.2, -0.15) is 4.72 Å². The number of hydrogen-bond donors (Lipinski definition) is 2. The van der Waals surface area contributed by atoms with E-state index in [1.807, 2.05) is 19.1 Å². The van der Waals surface area contributed by atoms with Gasteiger partial charge in [-0.1, -0.05) is 72.3 Å². The third-order valence-corrected chi connectivity index (χ3v) is 6.73. The van der Waals surface area contributed by atoms with Gasteiger partial charge < -0.3 is 5.11 Å². The van der Waals surface area contributed by atoms with E-state index >= 15 is 0 Å². The number of nitrogens with zero attached hydrogens (tertiary/aromatic N) is 1. The highest BCUT2D eigenvalue weighted by molar-refractivity contribution is 7.89. The Balaban J connectivity index is 1.92. The Hall–Kier alpha value is -3.75. The smallest absolute Gasteiger partial charge is 0.274 e. The summed E-state index contributed by atoms with van der Waals surface area (Å²) in [5.74, 6) is -0.141. The van der Waals surface area contributed by atoms with Crippen LogP contribution in [0.5, 0.6) is 5.75 Å². The van der Waals surface area contributed by atoms with Crippen LogP contribution < -0.4 is 4.72 Å². The molecule has 0 bridgehead atoms. The van der Waals surface area contributed by atoms with Gasteiger partial charge in [-0.3, -0.25) is 10.1 Å². The van der Waals surface area contributed by atoms with Crippen molar-refractivity contribution >= 4 is 26.5 Å². The van der Waals surface area contributed by atoms with E-state index in [-0.39, 0.29) is 27.5 Å². The zero-order chi connectivity index (χ0) is 22.9. The van der Waals surface area contributed by atoms with Crippen molar-refractivity contribution in [3.8, 4) is 5.75 Å². The molecule has 0 aliphatic carbocycles. The van der Waals surface area contributed by atoms with Crippen molar-refractivity contribution in [1.29, 1.82) is 0 Å². The highest BCUT2D eigenvalue weighted by Crippen LogP contribution is 2.38. The molecule has 8 heteroatoms. The number of sulfonamides is 1. The number of phenolic OH excluding ortho intramolecular Hbond substituents is 1. The molecular weight excluding hydrogens is 428 g/mol. The SMILES string of the molecule is Cc1ccc(S(=O)(=O)N[C@H](c2ccccc2[N+](=O)[O-])c2ccc3ccccc3c2O)cc1. The fourth-order valence-corrected chi connectivity index (χ4v) is 4.83. The average Bonchev–Trinajstić information content (AvgIpc) is 2.78. The van der Waals surface area contributed by atoms with E-state index in [1.165, 1.54) is 30.3 Å². The summed E-state index contributed by atoms with van der Waals surface area (Å²) >= 11 is 0. The second-order valence-corrected chi connectivity index (χ2v) is 9.12. The topological polar surface area (TPSA) is 110 Å². The molecule has 2 N–H and O–H groups in total. The van der Waals surface area contributed by atoms with Gasteiger partial charge in [0, 0.05) is 17.0 Å². The summed E-state index contributed by atoms with van der Waals surface area (Å²) in [4.78, 5) is 11.1. The molecule has 0 radical (unpaired) electrons. The quantitative estimate of drug-likeness (QED) is 0.324. The number of hydrogen-bond acceptors (Lipinski definition) is 5. The van der Waals surface area contributed by atoms with E-state index in [0.717, 1.165) is 10.9 Å². The molecule has 0 fully saturated rings. The number of benzene rings is 4. The molecule has 0 aromatic heterocycles. The summed E-state index contributed by atoms with van der Waals surface area (Å²) in [7, 11) is -4.07. The van der Waals surface area contributed by atoms with Crippen LogP contribution in [0.25, 0.3) is 10.8 Å². The number of nitro groups is 1. The van der Waals surface area contributed by atoms with E-state index in [2.05, 4.69) is 4.72 Å². The molecule has 4 aromatic carbocycles. The van der Waals surface area contributed by atoms with Gasteiger partial charge in [0.1, 0.15) is 5.75 Å². The Morgan fingerprint density at radius 1 is 0.875 bits per heavy atom. The second-order valence-electron chi connectivity index (χ2n) is 7.41. The van der Waals surface area contributed by atoms with Crippen LogP contribution in [0.3, 0.4) is 0 Å². The Labute approximate surface area is 185 Å². The largest absolute Gasteiger partial charge is 0.507 e. The van der Waals surface area contributed by atoms with Crippen molar-refractivity contribution in [2.24, 2.45) is 0 Å². The summed E-state index contributed by atoms with van der Waals surface area (Å²) < 4.78 is 29.0.